The SMILES string of the molecule is Cc1cn[nH]c1CC1CCCN(C(=O)c2nccc3ccccc23)C1. The van der Waals surface area contributed by atoms with E-state index in [1.807, 2.05) is 41.4 Å². The van der Waals surface area contributed by atoms with Gasteiger partial charge in [-0.05, 0) is 49.1 Å². The van der Waals surface area contributed by atoms with E-state index in [4.69, 9.17) is 0 Å². The Labute approximate surface area is 147 Å². The van der Waals surface area contributed by atoms with Crippen molar-refractivity contribution in [2.75, 3.05) is 13.1 Å². The van der Waals surface area contributed by atoms with Crippen LogP contribution in [0.25, 0.3) is 10.8 Å². The lowest BCUT2D eigenvalue weighted by atomic mass is 9.92. The normalized spacial score (nSPS) is 17.8. The molecular formula is C20H22N4O. The van der Waals surface area contributed by atoms with Crippen molar-refractivity contribution >= 4 is 16.7 Å². The van der Waals surface area contributed by atoms with Crippen LogP contribution in [-0.4, -0.2) is 39.1 Å². The van der Waals surface area contributed by atoms with Crippen LogP contribution in [0.1, 0.15) is 34.6 Å². The van der Waals surface area contributed by atoms with Crippen molar-refractivity contribution in [1.29, 1.82) is 0 Å². The van der Waals surface area contributed by atoms with Gasteiger partial charge in [0, 0.05) is 30.4 Å². The summed E-state index contributed by atoms with van der Waals surface area (Å²) in [4.78, 5) is 19.4. The number of carbonyl (C=O) groups is 1. The maximum atomic E-state index is 13.1. The fourth-order valence-corrected chi connectivity index (χ4v) is 3.72. The second-order valence-electron chi connectivity index (χ2n) is 6.88. The molecule has 3 heterocycles. The molecule has 0 spiro atoms. The Morgan fingerprint density at radius 3 is 3.04 bits per heavy atom. The number of amides is 1. The average molecular weight is 334 g/mol. The lowest BCUT2D eigenvalue weighted by Gasteiger charge is -2.32. The lowest BCUT2D eigenvalue weighted by molar-refractivity contribution is 0.0669. The molecule has 0 radical (unpaired) electrons. The van der Waals surface area contributed by atoms with Crippen LogP contribution in [0, 0.1) is 12.8 Å². The highest BCUT2D eigenvalue weighted by atomic mass is 16.2. The van der Waals surface area contributed by atoms with E-state index in [2.05, 4.69) is 22.1 Å². The maximum absolute atomic E-state index is 13.1. The van der Waals surface area contributed by atoms with Gasteiger partial charge >= 0.3 is 0 Å². The van der Waals surface area contributed by atoms with Crippen LogP contribution in [0.4, 0.5) is 0 Å². The molecule has 2 aromatic heterocycles. The van der Waals surface area contributed by atoms with E-state index in [1.54, 1.807) is 6.20 Å². The van der Waals surface area contributed by atoms with Crippen molar-refractivity contribution in [3.8, 4) is 0 Å². The molecule has 1 amide bonds. The Kier molecular flexibility index (Phi) is 4.22. The Bertz CT molecular complexity index is 896. The summed E-state index contributed by atoms with van der Waals surface area (Å²) in [6.45, 7) is 3.66. The molecule has 5 heteroatoms. The summed E-state index contributed by atoms with van der Waals surface area (Å²) in [7, 11) is 0. The Hall–Kier alpha value is -2.69. The number of likely N-dealkylation sites (tertiary alicyclic amines) is 1. The minimum atomic E-state index is 0.0443. The van der Waals surface area contributed by atoms with E-state index in [0.717, 1.165) is 43.1 Å². The molecule has 1 aromatic carbocycles. The van der Waals surface area contributed by atoms with E-state index in [9.17, 15) is 4.79 Å². The summed E-state index contributed by atoms with van der Waals surface area (Å²) in [5.41, 5.74) is 2.94. The molecule has 0 saturated carbocycles. The smallest absolute Gasteiger partial charge is 0.273 e. The first-order chi connectivity index (χ1) is 12.2. The van der Waals surface area contributed by atoms with Crippen molar-refractivity contribution in [3.05, 3.63) is 59.7 Å². The van der Waals surface area contributed by atoms with E-state index < -0.39 is 0 Å². The highest BCUT2D eigenvalue weighted by Crippen LogP contribution is 2.24. The van der Waals surface area contributed by atoms with E-state index in [1.165, 1.54) is 11.3 Å². The quantitative estimate of drug-likeness (QED) is 0.799. The van der Waals surface area contributed by atoms with Gasteiger partial charge in [0.25, 0.3) is 5.91 Å². The summed E-state index contributed by atoms with van der Waals surface area (Å²) in [6.07, 6.45) is 6.71. The first-order valence-electron chi connectivity index (χ1n) is 8.84. The van der Waals surface area contributed by atoms with Gasteiger partial charge in [0.1, 0.15) is 5.69 Å². The molecule has 4 rings (SSSR count). The lowest BCUT2D eigenvalue weighted by Crippen LogP contribution is -2.41. The number of aromatic amines is 1. The summed E-state index contributed by atoms with van der Waals surface area (Å²) in [5, 5.41) is 9.18. The summed E-state index contributed by atoms with van der Waals surface area (Å²) in [6, 6.07) is 9.89. The highest BCUT2D eigenvalue weighted by molar-refractivity contribution is 6.05. The number of piperidine rings is 1. The Morgan fingerprint density at radius 1 is 1.32 bits per heavy atom. The van der Waals surface area contributed by atoms with Gasteiger partial charge in [-0.1, -0.05) is 24.3 Å². The number of carbonyl (C=O) groups excluding carboxylic acids is 1. The van der Waals surface area contributed by atoms with Crippen LogP contribution in [-0.2, 0) is 6.42 Å². The molecule has 0 bridgehead atoms. The van der Waals surface area contributed by atoms with Crippen LogP contribution in [0.2, 0.25) is 0 Å². The van der Waals surface area contributed by atoms with Crippen LogP contribution in [0.5, 0.6) is 0 Å². The van der Waals surface area contributed by atoms with E-state index in [0.29, 0.717) is 11.6 Å². The third kappa shape index (κ3) is 3.14. The molecule has 5 nitrogen and oxygen atoms in total. The molecule has 1 unspecified atom stereocenters. The molecule has 128 valence electrons. The van der Waals surface area contributed by atoms with Crippen molar-refractivity contribution < 1.29 is 4.79 Å². The van der Waals surface area contributed by atoms with Crippen molar-refractivity contribution in [3.63, 3.8) is 0 Å². The van der Waals surface area contributed by atoms with E-state index in [-0.39, 0.29) is 5.91 Å². The number of hydrogen-bond donors (Lipinski definition) is 1. The molecule has 1 aliphatic rings. The van der Waals surface area contributed by atoms with Gasteiger partial charge in [0.05, 0.1) is 6.20 Å². The molecular weight excluding hydrogens is 312 g/mol. The number of hydrogen-bond acceptors (Lipinski definition) is 3. The van der Waals surface area contributed by atoms with Gasteiger partial charge in [-0.3, -0.25) is 14.9 Å². The fourth-order valence-electron chi connectivity index (χ4n) is 3.72. The number of nitrogens with one attached hydrogen (secondary N) is 1. The van der Waals surface area contributed by atoms with Crippen LogP contribution in [0.3, 0.4) is 0 Å². The van der Waals surface area contributed by atoms with Gasteiger partial charge in [-0.2, -0.15) is 5.10 Å². The monoisotopic (exact) mass is 334 g/mol. The number of fused-ring (bicyclic) bond motifs is 1. The largest absolute Gasteiger partial charge is 0.337 e. The first kappa shape index (κ1) is 15.8. The van der Waals surface area contributed by atoms with Gasteiger partial charge in [0.15, 0.2) is 0 Å². The molecule has 1 atom stereocenters. The third-order valence-corrected chi connectivity index (χ3v) is 5.11. The number of H-pyrrole nitrogens is 1. The average Bonchev–Trinajstić information content (AvgIpc) is 3.05. The summed E-state index contributed by atoms with van der Waals surface area (Å²) in [5.74, 6) is 0.509. The molecule has 1 saturated heterocycles. The Morgan fingerprint density at radius 2 is 2.20 bits per heavy atom. The Balaban J connectivity index is 1.54. The number of benzene rings is 1. The number of aryl methyl sites for hydroxylation is 1. The van der Waals surface area contributed by atoms with Crippen LogP contribution in [0.15, 0.2) is 42.7 Å². The number of pyridine rings is 1. The summed E-state index contributed by atoms with van der Waals surface area (Å²) >= 11 is 0. The fraction of sp³-hybridized carbons (Fsp3) is 0.350. The zero-order valence-electron chi connectivity index (χ0n) is 14.4. The molecule has 1 fully saturated rings. The number of rotatable bonds is 3. The minimum Gasteiger partial charge on any atom is -0.337 e. The standard InChI is InChI=1S/C20H22N4O/c1-14-12-22-23-18(14)11-15-5-4-10-24(13-15)20(25)19-17-7-3-2-6-16(17)8-9-21-19/h2-3,6-9,12,15H,4-5,10-11,13H2,1H3,(H,22,23). The molecule has 3 aromatic rings. The molecule has 1 N–H and O–H groups in total. The van der Waals surface area contributed by atoms with E-state index >= 15 is 0 Å². The number of aromatic nitrogens is 3. The predicted molar refractivity (Wildman–Crippen MR) is 97.4 cm³/mol. The maximum Gasteiger partial charge on any atom is 0.273 e. The van der Waals surface area contributed by atoms with Crippen molar-refractivity contribution in [2.45, 2.75) is 26.2 Å². The first-order valence-corrected chi connectivity index (χ1v) is 8.84. The zero-order chi connectivity index (χ0) is 17.2. The van der Waals surface area contributed by atoms with Crippen LogP contribution < -0.4 is 0 Å². The predicted octanol–water partition coefficient (Wildman–Crippen LogP) is 3.36. The third-order valence-electron chi connectivity index (χ3n) is 5.11. The zero-order valence-corrected chi connectivity index (χ0v) is 14.4. The topological polar surface area (TPSA) is 61.9 Å². The van der Waals surface area contributed by atoms with Crippen LogP contribution >= 0.6 is 0 Å². The summed E-state index contributed by atoms with van der Waals surface area (Å²) < 4.78 is 0. The highest BCUT2D eigenvalue weighted by Gasteiger charge is 2.26. The molecule has 25 heavy (non-hydrogen) atoms. The van der Waals surface area contributed by atoms with Gasteiger partial charge < -0.3 is 4.90 Å². The minimum absolute atomic E-state index is 0.0443. The van der Waals surface area contributed by atoms with Crippen molar-refractivity contribution in [2.24, 2.45) is 5.92 Å². The molecule has 1 aliphatic heterocycles. The second kappa shape index (κ2) is 6.67. The number of nitrogens with zero attached hydrogens (tertiary/aromatic N) is 3. The molecule has 0 aliphatic carbocycles. The van der Waals surface area contributed by atoms with Gasteiger partial charge in [-0.15, -0.1) is 0 Å². The second-order valence-corrected chi connectivity index (χ2v) is 6.88. The van der Waals surface area contributed by atoms with Gasteiger partial charge in [-0.25, -0.2) is 0 Å². The van der Waals surface area contributed by atoms with Crippen molar-refractivity contribution in [1.82, 2.24) is 20.1 Å². The van der Waals surface area contributed by atoms with Gasteiger partial charge in [0.2, 0.25) is 0 Å².